The first-order valence-electron chi connectivity index (χ1n) is 5.82. The average Bonchev–Trinajstić information content (AvgIpc) is 2.55. The van der Waals surface area contributed by atoms with Gasteiger partial charge in [-0.2, -0.15) is 0 Å². The molecule has 2 rings (SSSR count). The molecule has 1 saturated heterocycles. The Kier molecular flexibility index (Phi) is 3.46. The van der Waals surface area contributed by atoms with Crippen molar-refractivity contribution in [3.63, 3.8) is 0 Å². The molecule has 2 N–H and O–H groups in total. The van der Waals surface area contributed by atoms with Gasteiger partial charge >= 0.3 is 0 Å². The maximum absolute atomic E-state index is 10.6. The van der Waals surface area contributed by atoms with Gasteiger partial charge in [-0.15, -0.1) is 0 Å². The van der Waals surface area contributed by atoms with E-state index in [4.69, 9.17) is 4.74 Å². The molecule has 0 aliphatic carbocycles. The Bertz CT molecular complexity index is 326. The lowest BCUT2D eigenvalue weighted by Crippen LogP contribution is -2.36. The molecule has 0 aromatic heterocycles. The fourth-order valence-corrected chi connectivity index (χ4v) is 2.20. The molecule has 1 unspecified atom stereocenters. The van der Waals surface area contributed by atoms with E-state index in [1.165, 1.54) is 0 Å². The van der Waals surface area contributed by atoms with Gasteiger partial charge in [-0.3, -0.25) is 0 Å². The van der Waals surface area contributed by atoms with E-state index in [1.54, 1.807) is 7.11 Å². The third kappa shape index (κ3) is 2.36. The monoisotopic (exact) mass is 221 g/mol. The normalized spacial score (nSPS) is 26.1. The smallest absolute Gasteiger partial charge is 0.118 e. The fraction of sp³-hybridized carbons (Fsp3) is 0.538. The maximum atomic E-state index is 10.6. The minimum Gasteiger partial charge on any atom is -0.497 e. The fourth-order valence-electron chi connectivity index (χ4n) is 2.20. The summed E-state index contributed by atoms with van der Waals surface area (Å²) in [5.41, 5.74) is 0.255. The van der Waals surface area contributed by atoms with Crippen molar-refractivity contribution in [1.82, 2.24) is 5.32 Å². The summed E-state index contributed by atoms with van der Waals surface area (Å²) in [5, 5.41) is 13.9. The van der Waals surface area contributed by atoms with E-state index in [9.17, 15) is 5.11 Å². The van der Waals surface area contributed by atoms with Gasteiger partial charge in [-0.1, -0.05) is 12.1 Å². The molecule has 0 amide bonds. The second-order valence-electron chi connectivity index (χ2n) is 4.39. The number of β-amino-alcohol motifs (C(OH)–C–C–N with tert-alkyl or cyclic N) is 1. The standard InChI is InChI=1S/C13H19NO2/c1-16-12-6-4-11(5-7-12)13(15)8-2-3-9-14-10-13/h4-7,14-15H,2-3,8-10H2,1H3. The van der Waals surface area contributed by atoms with Gasteiger partial charge in [-0.05, 0) is 43.5 Å². The Balaban J connectivity index is 2.19. The Morgan fingerprint density at radius 2 is 2.00 bits per heavy atom. The molecule has 0 bridgehead atoms. The van der Waals surface area contributed by atoms with Gasteiger partial charge in [0.05, 0.1) is 7.11 Å². The van der Waals surface area contributed by atoms with Crippen molar-refractivity contribution in [1.29, 1.82) is 0 Å². The lowest BCUT2D eigenvalue weighted by molar-refractivity contribution is 0.0326. The number of ether oxygens (including phenoxy) is 1. The van der Waals surface area contributed by atoms with Crippen molar-refractivity contribution in [3.8, 4) is 5.75 Å². The molecule has 3 heteroatoms. The van der Waals surface area contributed by atoms with Crippen molar-refractivity contribution in [2.24, 2.45) is 0 Å². The molecule has 1 aliphatic heterocycles. The van der Waals surface area contributed by atoms with Crippen LogP contribution >= 0.6 is 0 Å². The van der Waals surface area contributed by atoms with E-state index >= 15 is 0 Å². The molecule has 0 spiro atoms. The molecule has 1 atom stereocenters. The van der Waals surface area contributed by atoms with Gasteiger partial charge in [0, 0.05) is 6.54 Å². The summed E-state index contributed by atoms with van der Waals surface area (Å²) in [4.78, 5) is 0. The molecule has 0 radical (unpaired) electrons. The summed E-state index contributed by atoms with van der Waals surface area (Å²) in [6.45, 7) is 1.64. The van der Waals surface area contributed by atoms with Crippen LogP contribution in [0, 0.1) is 0 Å². The van der Waals surface area contributed by atoms with Gasteiger partial charge in [-0.25, -0.2) is 0 Å². The Morgan fingerprint density at radius 3 is 2.69 bits per heavy atom. The Hall–Kier alpha value is -1.06. The number of hydrogen-bond donors (Lipinski definition) is 2. The number of rotatable bonds is 2. The van der Waals surface area contributed by atoms with Gasteiger partial charge in [0.2, 0.25) is 0 Å². The molecular formula is C13H19NO2. The van der Waals surface area contributed by atoms with Crippen molar-refractivity contribution in [2.45, 2.75) is 24.9 Å². The highest BCUT2D eigenvalue weighted by Gasteiger charge is 2.29. The van der Waals surface area contributed by atoms with E-state index in [1.807, 2.05) is 24.3 Å². The lowest BCUT2D eigenvalue weighted by Gasteiger charge is -2.27. The highest BCUT2D eigenvalue weighted by molar-refractivity contribution is 5.31. The van der Waals surface area contributed by atoms with Crippen molar-refractivity contribution in [2.75, 3.05) is 20.2 Å². The average molecular weight is 221 g/mol. The van der Waals surface area contributed by atoms with Gasteiger partial charge in [0.1, 0.15) is 11.4 Å². The van der Waals surface area contributed by atoms with Gasteiger partial charge < -0.3 is 15.2 Å². The maximum Gasteiger partial charge on any atom is 0.118 e. The van der Waals surface area contributed by atoms with Crippen LogP contribution in [0.1, 0.15) is 24.8 Å². The quantitative estimate of drug-likeness (QED) is 0.798. The van der Waals surface area contributed by atoms with Crippen LogP contribution in [0.5, 0.6) is 5.75 Å². The van der Waals surface area contributed by atoms with Crippen molar-refractivity contribution < 1.29 is 9.84 Å². The summed E-state index contributed by atoms with van der Waals surface area (Å²) >= 11 is 0. The molecule has 0 saturated carbocycles. The minimum atomic E-state index is -0.719. The second-order valence-corrected chi connectivity index (χ2v) is 4.39. The molecule has 1 heterocycles. The van der Waals surface area contributed by atoms with E-state index < -0.39 is 5.60 Å². The summed E-state index contributed by atoms with van der Waals surface area (Å²) < 4.78 is 5.12. The molecule has 1 aromatic carbocycles. The minimum absolute atomic E-state index is 0.638. The van der Waals surface area contributed by atoms with Crippen molar-refractivity contribution >= 4 is 0 Å². The number of nitrogens with one attached hydrogen (secondary N) is 1. The summed E-state index contributed by atoms with van der Waals surface area (Å²) in [6, 6.07) is 7.70. The molecule has 1 fully saturated rings. The van der Waals surface area contributed by atoms with Gasteiger partial charge in [0.15, 0.2) is 0 Å². The highest BCUT2D eigenvalue weighted by atomic mass is 16.5. The number of benzene rings is 1. The van der Waals surface area contributed by atoms with E-state index in [0.29, 0.717) is 6.54 Å². The predicted molar refractivity (Wildman–Crippen MR) is 63.6 cm³/mol. The van der Waals surface area contributed by atoms with E-state index in [0.717, 1.165) is 37.1 Å². The van der Waals surface area contributed by atoms with Crippen LogP contribution in [0.2, 0.25) is 0 Å². The molecule has 1 aliphatic rings. The molecule has 1 aromatic rings. The van der Waals surface area contributed by atoms with Crippen LogP contribution in [0.15, 0.2) is 24.3 Å². The zero-order chi connectivity index (χ0) is 11.4. The van der Waals surface area contributed by atoms with Crippen LogP contribution in [0.25, 0.3) is 0 Å². The largest absolute Gasteiger partial charge is 0.497 e. The first kappa shape index (κ1) is 11.4. The Labute approximate surface area is 96.4 Å². The Morgan fingerprint density at radius 1 is 1.25 bits per heavy atom. The summed E-state index contributed by atoms with van der Waals surface area (Å²) in [5.74, 6) is 0.828. The summed E-state index contributed by atoms with van der Waals surface area (Å²) in [7, 11) is 1.65. The molecule has 16 heavy (non-hydrogen) atoms. The van der Waals surface area contributed by atoms with Crippen molar-refractivity contribution in [3.05, 3.63) is 29.8 Å². The molecule has 3 nitrogen and oxygen atoms in total. The van der Waals surface area contributed by atoms with Crippen LogP contribution in [-0.2, 0) is 5.60 Å². The number of methoxy groups -OCH3 is 1. The van der Waals surface area contributed by atoms with Crippen LogP contribution < -0.4 is 10.1 Å². The molecular weight excluding hydrogens is 202 g/mol. The number of aliphatic hydroxyl groups is 1. The predicted octanol–water partition coefficient (Wildman–Crippen LogP) is 1.66. The first-order valence-corrected chi connectivity index (χ1v) is 5.82. The summed E-state index contributed by atoms with van der Waals surface area (Å²) in [6.07, 6.45) is 3.03. The van der Waals surface area contributed by atoms with Crippen LogP contribution in [0.3, 0.4) is 0 Å². The third-order valence-electron chi connectivity index (χ3n) is 3.24. The van der Waals surface area contributed by atoms with Crippen LogP contribution in [-0.4, -0.2) is 25.3 Å². The lowest BCUT2D eigenvalue weighted by atomic mass is 9.89. The highest BCUT2D eigenvalue weighted by Crippen LogP contribution is 2.29. The zero-order valence-corrected chi connectivity index (χ0v) is 9.70. The molecule has 88 valence electrons. The third-order valence-corrected chi connectivity index (χ3v) is 3.24. The van der Waals surface area contributed by atoms with E-state index in [-0.39, 0.29) is 0 Å². The van der Waals surface area contributed by atoms with E-state index in [2.05, 4.69) is 5.32 Å². The zero-order valence-electron chi connectivity index (χ0n) is 9.70. The van der Waals surface area contributed by atoms with Gasteiger partial charge in [0.25, 0.3) is 0 Å². The topological polar surface area (TPSA) is 41.5 Å². The second kappa shape index (κ2) is 4.85. The van der Waals surface area contributed by atoms with Crippen LogP contribution in [0.4, 0.5) is 0 Å². The number of hydrogen-bond acceptors (Lipinski definition) is 3. The first-order chi connectivity index (χ1) is 7.74. The SMILES string of the molecule is COc1ccc(C2(O)CCCCNC2)cc1.